The van der Waals surface area contributed by atoms with Crippen LogP contribution in [0, 0.1) is 0 Å². The Kier molecular flexibility index (Phi) is 7.20. The first-order valence-corrected chi connectivity index (χ1v) is 11.8. The lowest BCUT2D eigenvalue weighted by Gasteiger charge is -2.18. The fourth-order valence-corrected chi connectivity index (χ4v) is 4.98. The Labute approximate surface area is 180 Å². The molecule has 0 aliphatic heterocycles. The van der Waals surface area contributed by atoms with Crippen LogP contribution in [0.5, 0.6) is 5.75 Å². The zero-order valence-corrected chi connectivity index (χ0v) is 18.4. The van der Waals surface area contributed by atoms with Gasteiger partial charge in [0, 0.05) is 24.0 Å². The van der Waals surface area contributed by atoms with Gasteiger partial charge in [0.1, 0.15) is 12.4 Å². The molecule has 2 aromatic carbocycles. The van der Waals surface area contributed by atoms with Crippen LogP contribution in [-0.4, -0.2) is 36.7 Å². The Balaban J connectivity index is 1.67. The van der Waals surface area contributed by atoms with Gasteiger partial charge in [-0.05, 0) is 30.3 Å². The first-order chi connectivity index (χ1) is 14.4. The molecule has 3 aromatic rings. The third-order valence-corrected chi connectivity index (χ3v) is 7.19. The molecule has 0 bridgehead atoms. The number of carbonyl (C=O) groups is 1. The summed E-state index contributed by atoms with van der Waals surface area (Å²) >= 11 is 1.28. The molecule has 30 heavy (non-hydrogen) atoms. The van der Waals surface area contributed by atoms with Gasteiger partial charge in [-0.1, -0.05) is 38.1 Å². The average molecular weight is 446 g/mol. The maximum atomic E-state index is 12.7. The molecule has 7 nitrogen and oxygen atoms in total. The normalized spacial score (nSPS) is 11.4. The fourth-order valence-electron chi connectivity index (χ4n) is 2.78. The van der Waals surface area contributed by atoms with Crippen molar-refractivity contribution in [2.24, 2.45) is 0 Å². The third kappa shape index (κ3) is 5.24. The molecule has 0 aliphatic carbocycles. The molecular weight excluding hydrogens is 422 g/mol. The number of rotatable bonds is 9. The number of sulfonamides is 1. The van der Waals surface area contributed by atoms with Gasteiger partial charge in [-0.15, -0.1) is 11.3 Å². The van der Waals surface area contributed by atoms with Crippen molar-refractivity contribution in [1.29, 1.82) is 0 Å². The van der Waals surface area contributed by atoms with Gasteiger partial charge in [0.25, 0.3) is 5.91 Å². The molecule has 3 rings (SSSR count). The molecule has 1 aromatic heterocycles. The SMILES string of the molecule is CCN(CC)S(=O)(=O)c1cccc(C(=O)Nc2nc(COc3ccccc3)cs2)c1. The smallest absolute Gasteiger partial charge is 0.257 e. The first-order valence-electron chi connectivity index (χ1n) is 9.47. The third-order valence-electron chi connectivity index (χ3n) is 4.34. The van der Waals surface area contributed by atoms with Crippen LogP contribution in [0.4, 0.5) is 5.13 Å². The van der Waals surface area contributed by atoms with Crippen LogP contribution < -0.4 is 10.1 Å². The van der Waals surface area contributed by atoms with E-state index in [4.69, 9.17) is 4.74 Å². The average Bonchev–Trinajstić information content (AvgIpc) is 3.21. The van der Waals surface area contributed by atoms with E-state index in [1.807, 2.05) is 30.3 Å². The number of nitrogens with zero attached hydrogens (tertiary/aromatic N) is 2. The molecule has 0 atom stereocenters. The van der Waals surface area contributed by atoms with E-state index in [0.29, 0.717) is 23.9 Å². The molecule has 0 unspecified atom stereocenters. The van der Waals surface area contributed by atoms with Crippen molar-refractivity contribution in [2.45, 2.75) is 25.3 Å². The predicted molar refractivity (Wildman–Crippen MR) is 117 cm³/mol. The molecule has 158 valence electrons. The maximum absolute atomic E-state index is 12.7. The lowest BCUT2D eigenvalue weighted by atomic mass is 10.2. The highest BCUT2D eigenvalue weighted by molar-refractivity contribution is 7.89. The lowest BCUT2D eigenvalue weighted by Crippen LogP contribution is -2.30. The molecule has 0 aliphatic rings. The number of hydrogen-bond acceptors (Lipinski definition) is 6. The highest BCUT2D eigenvalue weighted by Crippen LogP contribution is 2.21. The fraction of sp³-hybridized carbons (Fsp3) is 0.238. The Morgan fingerprint density at radius 2 is 1.83 bits per heavy atom. The number of thiazole rings is 1. The van der Waals surface area contributed by atoms with E-state index in [2.05, 4.69) is 10.3 Å². The van der Waals surface area contributed by atoms with Crippen molar-refractivity contribution in [2.75, 3.05) is 18.4 Å². The van der Waals surface area contributed by atoms with Gasteiger partial charge in [0.15, 0.2) is 5.13 Å². The van der Waals surface area contributed by atoms with Gasteiger partial charge in [0.05, 0.1) is 10.6 Å². The number of aromatic nitrogens is 1. The lowest BCUT2D eigenvalue weighted by molar-refractivity contribution is 0.102. The zero-order chi connectivity index (χ0) is 21.6. The molecule has 9 heteroatoms. The van der Waals surface area contributed by atoms with E-state index in [1.54, 1.807) is 31.4 Å². The van der Waals surface area contributed by atoms with Crippen molar-refractivity contribution in [1.82, 2.24) is 9.29 Å². The molecule has 0 spiro atoms. The molecule has 0 saturated heterocycles. The Hall–Kier alpha value is -2.75. The second-order valence-corrected chi connectivity index (χ2v) is 9.11. The highest BCUT2D eigenvalue weighted by Gasteiger charge is 2.22. The van der Waals surface area contributed by atoms with Gasteiger partial charge in [-0.25, -0.2) is 13.4 Å². The summed E-state index contributed by atoms with van der Waals surface area (Å²) in [4.78, 5) is 17.1. The summed E-state index contributed by atoms with van der Waals surface area (Å²) in [7, 11) is -3.64. The second kappa shape index (κ2) is 9.84. The Bertz CT molecular complexity index is 1090. The minimum Gasteiger partial charge on any atom is -0.487 e. The summed E-state index contributed by atoms with van der Waals surface area (Å²) in [6, 6.07) is 15.4. The van der Waals surface area contributed by atoms with E-state index in [-0.39, 0.29) is 17.1 Å². The van der Waals surface area contributed by atoms with Crippen molar-refractivity contribution in [3.05, 3.63) is 71.2 Å². The second-order valence-electron chi connectivity index (χ2n) is 6.32. The summed E-state index contributed by atoms with van der Waals surface area (Å²) in [5, 5.41) is 4.94. The topological polar surface area (TPSA) is 88.6 Å². The first kappa shape index (κ1) is 21.9. The number of anilines is 1. The van der Waals surface area contributed by atoms with E-state index in [0.717, 1.165) is 5.75 Å². The zero-order valence-electron chi connectivity index (χ0n) is 16.7. The van der Waals surface area contributed by atoms with Gasteiger partial charge >= 0.3 is 0 Å². The molecular formula is C21H23N3O4S2. The summed E-state index contributed by atoms with van der Waals surface area (Å²) < 4.78 is 32.4. The monoisotopic (exact) mass is 445 g/mol. The molecule has 0 radical (unpaired) electrons. The van der Waals surface area contributed by atoms with Gasteiger partial charge in [-0.2, -0.15) is 4.31 Å². The van der Waals surface area contributed by atoms with Crippen LogP contribution in [0.3, 0.4) is 0 Å². The van der Waals surface area contributed by atoms with E-state index < -0.39 is 15.9 Å². The van der Waals surface area contributed by atoms with Gasteiger partial charge in [-0.3, -0.25) is 10.1 Å². The number of carbonyl (C=O) groups excluding carboxylic acids is 1. The number of para-hydroxylation sites is 1. The highest BCUT2D eigenvalue weighted by atomic mass is 32.2. The molecule has 1 heterocycles. The maximum Gasteiger partial charge on any atom is 0.257 e. The molecule has 1 amide bonds. The van der Waals surface area contributed by atoms with Crippen LogP contribution in [-0.2, 0) is 16.6 Å². The molecule has 0 saturated carbocycles. The Morgan fingerprint density at radius 1 is 1.10 bits per heavy atom. The number of hydrogen-bond donors (Lipinski definition) is 1. The number of ether oxygens (including phenoxy) is 1. The van der Waals surface area contributed by atoms with Crippen LogP contribution in [0.1, 0.15) is 29.9 Å². The Morgan fingerprint density at radius 3 is 2.53 bits per heavy atom. The summed E-state index contributed by atoms with van der Waals surface area (Å²) in [6.07, 6.45) is 0. The van der Waals surface area contributed by atoms with Crippen molar-refractivity contribution in [3.8, 4) is 5.75 Å². The van der Waals surface area contributed by atoms with Crippen molar-refractivity contribution in [3.63, 3.8) is 0 Å². The van der Waals surface area contributed by atoms with Gasteiger partial charge in [0.2, 0.25) is 10.0 Å². The van der Waals surface area contributed by atoms with Crippen LogP contribution in [0.25, 0.3) is 0 Å². The van der Waals surface area contributed by atoms with Crippen LogP contribution in [0.15, 0.2) is 64.9 Å². The number of benzene rings is 2. The van der Waals surface area contributed by atoms with Gasteiger partial charge < -0.3 is 4.74 Å². The molecule has 0 fully saturated rings. The van der Waals surface area contributed by atoms with Crippen molar-refractivity contribution >= 4 is 32.4 Å². The summed E-state index contributed by atoms with van der Waals surface area (Å²) in [6.45, 7) is 4.57. The van der Waals surface area contributed by atoms with Crippen LogP contribution in [0.2, 0.25) is 0 Å². The summed E-state index contributed by atoms with van der Waals surface area (Å²) in [5.74, 6) is 0.318. The van der Waals surface area contributed by atoms with E-state index in [9.17, 15) is 13.2 Å². The standard InChI is InChI=1S/C21H23N3O4S2/c1-3-24(4-2)30(26,27)19-12-8-9-16(13-19)20(25)23-21-22-17(15-29-21)14-28-18-10-6-5-7-11-18/h5-13,15H,3-4,14H2,1-2H3,(H,22,23,25). The van der Waals surface area contributed by atoms with Crippen molar-refractivity contribution < 1.29 is 17.9 Å². The predicted octanol–water partition coefficient (Wildman–Crippen LogP) is 4.00. The molecule has 1 N–H and O–H groups in total. The minimum absolute atomic E-state index is 0.0925. The number of amides is 1. The minimum atomic E-state index is -3.64. The van der Waals surface area contributed by atoms with Crippen LogP contribution >= 0.6 is 11.3 Å². The quantitative estimate of drug-likeness (QED) is 0.538. The summed E-state index contributed by atoms with van der Waals surface area (Å²) in [5.41, 5.74) is 0.942. The number of nitrogens with one attached hydrogen (secondary N) is 1. The van der Waals surface area contributed by atoms with E-state index >= 15 is 0 Å². The van der Waals surface area contributed by atoms with E-state index in [1.165, 1.54) is 27.8 Å². The largest absolute Gasteiger partial charge is 0.487 e.